The lowest BCUT2D eigenvalue weighted by molar-refractivity contribution is -0.182. The van der Waals surface area contributed by atoms with E-state index in [-0.39, 0.29) is 5.57 Å². The highest BCUT2D eigenvalue weighted by Crippen LogP contribution is 2.18. The first-order valence-corrected chi connectivity index (χ1v) is 7.63. The molecule has 0 spiro atoms. The van der Waals surface area contributed by atoms with E-state index in [1.165, 1.54) is 0 Å². The normalized spacial score (nSPS) is 13.2. The van der Waals surface area contributed by atoms with E-state index in [0.717, 1.165) is 31.3 Å². The van der Waals surface area contributed by atoms with Gasteiger partial charge < -0.3 is 9.47 Å². The molecule has 1 unspecified atom stereocenters. The van der Waals surface area contributed by atoms with Gasteiger partial charge in [-0.3, -0.25) is 0 Å². The van der Waals surface area contributed by atoms with E-state index in [4.69, 9.17) is 9.47 Å². The van der Waals surface area contributed by atoms with Gasteiger partial charge in [0, 0.05) is 17.6 Å². The maximum Gasteiger partial charge on any atom is 0.336 e. The molecule has 0 radical (unpaired) electrons. The number of allylic oxidation sites excluding steroid dienone is 1. The average Bonchev–Trinajstić information content (AvgIpc) is 2.46. The van der Waals surface area contributed by atoms with E-state index in [0.29, 0.717) is 12.0 Å². The third-order valence-electron chi connectivity index (χ3n) is 3.25. The van der Waals surface area contributed by atoms with Crippen molar-refractivity contribution in [2.45, 2.75) is 73.0 Å². The van der Waals surface area contributed by atoms with Crippen LogP contribution in [0.25, 0.3) is 0 Å². The zero-order chi connectivity index (χ0) is 16.4. The minimum atomic E-state index is -0.860. The first-order chi connectivity index (χ1) is 9.87. The molecule has 4 nitrogen and oxygen atoms in total. The third kappa shape index (κ3) is 7.11. The van der Waals surface area contributed by atoms with Crippen molar-refractivity contribution in [2.24, 2.45) is 0 Å². The number of unbranched alkanes of at least 4 members (excludes halogenated alkanes) is 1. The Hall–Kier alpha value is -1.58. The molecule has 21 heavy (non-hydrogen) atoms. The molecular formula is C17H28O4. The van der Waals surface area contributed by atoms with Gasteiger partial charge in [0.05, 0.1) is 0 Å². The van der Waals surface area contributed by atoms with Gasteiger partial charge in [-0.1, -0.05) is 39.3 Å². The zero-order valence-electron chi connectivity index (χ0n) is 14.0. The fourth-order valence-electron chi connectivity index (χ4n) is 1.78. The first-order valence-electron chi connectivity index (χ1n) is 7.63. The monoisotopic (exact) mass is 296 g/mol. The molecule has 120 valence electrons. The molecule has 0 aromatic carbocycles. The fourth-order valence-corrected chi connectivity index (χ4v) is 1.78. The Morgan fingerprint density at radius 2 is 1.62 bits per heavy atom. The summed E-state index contributed by atoms with van der Waals surface area (Å²) in [6.45, 7) is 12.8. The highest BCUT2D eigenvalue weighted by Gasteiger charge is 2.19. The molecule has 0 amide bonds. The van der Waals surface area contributed by atoms with Crippen molar-refractivity contribution in [3.8, 4) is 0 Å². The van der Waals surface area contributed by atoms with Gasteiger partial charge >= 0.3 is 11.9 Å². The van der Waals surface area contributed by atoms with Crippen molar-refractivity contribution in [2.75, 3.05) is 0 Å². The number of esters is 2. The predicted molar refractivity (Wildman–Crippen MR) is 83.6 cm³/mol. The molecule has 1 atom stereocenters. The lowest BCUT2D eigenvalue weighted by Gasteiger charge is -2.18. The van der Waals surface area contributed by atoms with E-state index in [2.05, 4.69) is 13.5 Å². The van der Waals surface area contributed by atoms with Crippen molar-refractivity contribution in [1.29, 1.82) is 0 Å². The van der Waals surface area contributed by atoms with Gasteiger partial charge in [-0.2, -0.15) is 0 Å². The van der Waals surface area contributed by atoms with Gasteiger partial charge in [0.25, 0.3) is 0 Å². The van der Waals surface area contributed by atoms with Gasteiger partial charge in [0.1, 0.15) is 0 Å². The van der Waals surface area contributed by atoms with Gasteiger partial charge in [-0.05, 0) is 33.1 Å². The SMILES string of the molecule is C=C(C)C(=O)OC(CC)OC(=O)/C(C)=C(/CC)CCCC. The lowest BCUT2D eigenvalue weighted by atomic mass is 10.0. The number of carbonyl (C=O) groups is 2. The minimum absolute atomic E-state index is 0.286. The molecule has 0 fully saturated rings. The van der Waals surface area contributed by atoms with Crippen LogP contribution < -0.4 is 0 Å². The lowest BCUT2D eigenvalue weighted by Crippen LogP contribution is -2.25. The Balaban J connectivity index is 4.78. The van der Waals surface area contributed by atoms with E-state index in [1.54, 1.807) is 20.8 Å². The minimum Gasteiger partial charge on any atom is -0.422 e. The largest absolute Gasteiger partial charge is 0.422 e. The number of ether oxygens (including phenoxy) is 2. The maximum absolute atomic E-state index is 12.1. The third-order valence-corrected chi connectivity index (χ3v) is 3.25. The molecule has 0 aliphatic heterocycles. The standard InChI is InChI=1S/C17H28O4/c1-7-10-11-14(8-2)13(6)17(19)21-15(9-3)20-16(18)12(4)5/h15H,4,7-11H2,1-3,5-6H3/b14-13-. The van der Waals surface area contributed by atoms with Crippen LogP contribution in [0.15, 0.2) is 23.3 Å². The predicted octanol–water partition coefficient (Wildman–Crippen LogP) is 4.30. The molecule has 0 rings (SSSR count). The van der Waals surface area contributed by atoms with E-state index in [1.807, 2.05) is 6.92 Å². The molecule has 0 aromatic heterocycles. The summed E-state index contributed by atoms with van der Waals surface area (Å²) in [6, 6.07) is 0. The zero-order valence-corrected chi connectivity index (χ0v) is 14.0. The quantitative estimate of drug-likeness (QED) is 0.361. The second-order valence-corrected chi connectivity index (χ2v) is 5.11. The van der Waals surface area contributed by atoms with Crippen LogP contribution in [0.5, 0.6) is 0 Å². The summed E-state index contributed by atoms with van der Waals surface area (Å²) < 4.78 is 10.3. The molecule has 0 bridgehead atoms. The Kier molecular flexibility index (Phi) is 9.42. The average molecular weight is 296 g/mol. The summed E-state index contributed by atoms with van der Waals surface area (Å²) in [5.74, 6) is -0.956. The molecule has 0 aliphatic rings. The Labute approximate surface area is 128 Å². The van der Waals surface area contributed by atoms with Crippen LogP contribution in [-0.4, -0.2) is 18.2 Å². The smallest absolute Gasteiger partial charge is 0.336 e. The number of rotatable bonds is 9. The van der Waals surface area contributed by atoms with Crippen molar-refractivity contribution in [3.05, 3.63) is 23.3 Å². The summed E-state index contributed by atoms with van der Waals surface area (Å²) in [5.41, 5.74) is 2.01. The van der Waals surface area contributed by atoms with Gasteiger partial charge in [0.15, 0.2) is 0 Å². The van der Waals surface area contributed by atoms with Crippen LogP contribution >= 0.6 is 0 Å². The van der Waals surface area contributed by atoms with Gasteiger partial charge in [-0.25, -0.2) is 9.59 Å². The summed E-state index contributed by atoms with van der Waals surface area (Å²) >= 11 is 0. The highest BCUT2D eigenvalue weighted by molar-refractivity contribution is 5.89. The summed E-state index contributed by atoms with van der Waals surface area (Å²) in [4.78, 5) is 23.6. The second-order valence-electron chi connectivity index (χ2n) is 5.11. The van der Waals surface area contributed by atoms with Gasteiger partial charge in [0.2, 0.25) is 6.29 Å². The molecule has 0 heterocycles. The summed E-state index contributed by atoms with van der Waals surface area (Å²) in [7, 11) is 0. The molecule has 0 N–H and O–H groups in total. The molecule has 0 saturated heterocycles. The Morgan fingerprint density at radius 1 is 1.05 bits per heavy atom. The summed E-state index contributed by atoms with van der Waals surface area (Å²) in [5, 5.41) is 0. The van der Waals surface area contributed by atoms with Crippen molar-refractivity contribution in [1.82, 2.24) is 0 Å². The van der Waals surface area contributed by atoms with E-state index in [9.17, 15) is 9.59 Å². The molecular weight excluding hydrogens is 268 g/mol. The van der Waals surface area contributed by atoms with Crippen molar-refractivity contribution >= 4 is 11.9 Å². The van der Waals surface area contributed by atoms with Crippen LogP contribution in [0.1, 0.15) is 66.7 Å². The number of hydrogen-bond donors (Lipinski definition) is 0. The van der Waals surface area contributed by atoms with E-state index < -0.39 is 18.2 Å². The second kappa shape index (κ2) is 10.2. The Morgan fingerprint density at radius 3 is 2.05 bits per heavy atom. The van der Waals surface area contributed by atoms with Crippen LogP contribution in [0, 0.1) is 0 Å². The fraction of sp³-hybridized carbons (Fsp3) is 0.647. The molecule has 4 heteroatoms. The van der Waals surface area contributed by atoms with Gasteiger partial charge in [-0.15, -0.1) is 0 Å². The van der Waals surface area contributed by atoms with Crippen LogP contribution in [-0.2, 0) is 19.1 Å². The van der Waals surface area contributed by atoms with E-state index >= 15 is 0 Å². The van der Waals surface area contributed by atoms with Crippen LogP contribution in [0.4, 0.5) is 0 Å². The first kappa shape index (κ1) is 19.4. The Bertz CT molecular complexity index is 407. The van der Waals surface area contributed by atoms with Crippen LogP contribution in [0.2, 0.25) is 0 Å². The van der Waals surface area contributed by atoms with Crippen molar-refractivity contribution in [3.63, 3.8) is 0 Å². The number of hydrogen-bond acceptors (Lipinski definition) is 4. The topological polar surface area (TPSA) is 52.6 Å². The van der Waals surface area contributed by atoms with Crippen molar-refractivity contribution < 1.29 is 19.1 Å². The molecule has 0 aromatic rings. The molecule has 0 saturated carbocycles. The maximum atomic E-state index is 12.1. The highest BCUT2D eigenvalue weighted by atomic mass is 16.7. The number of carbonyl (C=O) groups excluding carboxylic acids is 2. The van der Waals surface area contributed by atoms with Crippen LogP contribution in [0.3, 0.4) is 0 Å². The molecule has 0 aliphatic carbocycles. The summed E-state index contributed by atoms with van der Waals surface area (Å²) in [6.07, 6.45) is 3.41.